The molecule has 112 heavy (non-hydrogen) atoms. The van der Waals surface area contributed by atoms with Gasteiger partial charge in [-0.2, -0.15) is 0 Å². The number of hydrogen-bond acceptors (Lipinski definition) is 8. The van der Waals surface area contributed by atoms with Crippen molar-refractivity contribution in [1.29, 1.82) is 0 Å². The SMILES string of the molecule is c1ccc(-c2cc(-c3cccc(-c4ccc(-c5cccc6c5nc(-c5ccccc5)c5cccc(-c7ccccc7)c56)cc4)c3)nc(-c3ccccc3)n2)cc1.c1ccc(-c2nc(-c3ccccc3)nc(-c3cc(-c4ccc(-c5cccc6c5nc(-c5ccccc5)c5cccc(-c7ccccc7)c56)cc4)ccn3)n2)cc1. The fraction of sp³-hybridized carbons (Fsp3) is 0. The molecule has 0 bridgehead atoms. The number of benzene rings is 15. The maximum atomic E-state index is 5.46. The van der Waals surface area contributed by atoms with Crippen molar-refractivity contribution in [3.63, 3.8) is 0 Å². The first-order valence-corrected chi connectivity index (χ1v) is 37.6. The van der Waals surface area contributed by atoms with Crippen LogP contribution in [0.15, 0.2) is 413 Å². The Morgan fingerprint density at radius 3 is 0.884 bits per heavy atom. The molecule has 0 aliphatic heterocycles. The minimum atomic E-state index is 0.523. The van der Waals surface area contributed by atoms with Gasteiger partial charge in [-0.1, -0.05) is 382 Å². The van der Waals surface area contributed by atoms with Crippen LogP contribution in [0.2, 0.25) is 0 Å². The monoisotopic (exact) mass is 1430 g/mol. The summed E-state index contributed by atoms with van der Waals surface area (Å²) in [7, 11) is 0. The van der Waals surface area contributed by atoms with Crippen LogP contribution in [-0.4, -0.2) is 39.9 Å². The summed E-state index contributed by atoms with van der Waals surface area (Å²) >= 11 is 0. The van der Waals surface area contributed by atoms with Gasteiger partial charge in [-0.25, -0.2) is 34.9 Å². The smallest absolute Gasteiger partial charge is 0.182 e. The third-order valence-corrected chi connectivity index (χ3v) is 20.7. The molecule has 5 heterocycles. The quantitative estimate of drug-likeness (QED) is 0.0992. The second kappa shape index (κ2) is 30.3. The highest BCUT2D eigenvalue weighted by Crippen LogP contribution is 2.45. The molecule has 0 aliphatic rings. The molecule has 20 aromatic rings. The average molecular weight is 1430 g/mol. The van der Waals surface area contributed by atoms with Gasteiger partial charge in [0.25, 0.3) is 0 Å². The van der Waals surface area contributed by atoms with Gasteiger partial charge in [-0.3, -0.25) is 4.98 Å². The summed E-state index contributed by atoms with van der Waals surface area (Å²) in [6.07, 6.45) is 1.82. The van der Waals surface area contributed by atoms with Crippen molar-refractivity contribution in [1.82, 2.24) is 39.9 Å². The number of fused-ring (bicyclic) bond motifs is 6. The fourth-order valence-electron chi connectivity index (χ4n) is 15.2. The van der Waals surface area contributed by atoms with Gasteiger partial charge >= 0.3 is 0 Å². The van der Waals surface area contributed by atoms with Crippen molar-refractivity contribution >= 4 is 43.4 Å². The molecule has 0 N–H and O–H groups in total. The molecular formula is C104H68N8. The molecule has 524 valence electrons. The number of para-hydroxylation sites is 2. The largest absolute Gasteiger partial charge is 0.253 e. The van der Waals surface area contributed by atoms with Gasteiger partial charge in [0.15, 0.2) is 23.3 Å². The summed E-state index contributed by atoms with van der Waals surface area (Å²) in [5.74, 6) is 2.44. The van der Waals surface area contributed by atoms with Gasteiger partial charge in [0.05, 0.1) is 33.8 Å². The highest BCUT2D eigenvalue weighted by molar-refractivity contribution is 6.21. The summed E-state index contributed by atoms with van der Waals surface area (Å²) < 4.78 is 0. The van der Waals surface area contributed by atoms with Crippen LogP contribution in [0.1, 0.15) is 0 Å². The van der Waals surface area contributed by atoms with E-state index in [0.717, 1.165) is 139 Å². The van der Waals surface area contributed by atoms with E-state index in [-0.39, 0.29) is 0 Å². The number of rotatable bonds is 14. The molecule has 0 radical (unpaired) electrons. The van der Waals surface area contributed by atoms with Crippen molar-refractivity contribution in [3.05, 3.63) is 413 Å². The molecule has 0 fully saturated rings. The van der Waals surface area contributed by atoms with E-state index in [1.807, 2.05) is 109 Å². The van der Waals surface area contributed by atoms with Crippen molar-refractivity contribution in [2.45, 2.75) is 0 Å². The molecule has 20 rings (SSSR count). The molecule has 0 atom stereocenters. The van der Waals surface area contributed by atoms with E-state index < -0.39 is 0 Å². The lowest BCUT2D eigenvalue weighted by molar-refractivity contribution is 1.06. The first-order valence-electron chi connectivity index (χ1n) is 37.6. The predicted molar refractivity (Wildman–Crippen MR) is 461 cm³/mol. The first-order chi connectivity index (χ1) is 55.5. The topological polar surface area (TPSA) is 103 Å². The van der Waals surface area contributed by atoms with Crippen molar-refractivity contribution in [3.8, 4) is 157 Å². The summed E-state index contributed by atoms with van der Waals surface area (Å²) in [4.78, 5) is 40.3. The van der Waals surface area contributed by atoms with Gasteiger partial charge in [-0.15, -0.1) is 0 Å². The second-order valence-corrected chi connectivity index (χ2v) is 27.6. The van der Waals surface area contributed by atoms with E-state index in [2.05, 4.69) is 303 Å². The van der Waals surface area contributed by atoms with Gasteiger partial charge in [0, 0.05) is 88.6 Å². The minimum Gasteiger partial charge on any atom is -0.253 e. The Balaban J connectivity index is 0.000000151. The zero-order valence-corrected chi connectivity index (χ0v) is 60.8. The van der Waals surface area contributed by atoms with Crippen molar-refractivity contribution < 1.29 is 0 Å². The number of aromatic nitrogens is 8. The Bertz CT molecular complexity index is 6270. The number of hydrogen-bond donors (Lipinski definition) is 0. The van der Waals surface area contributed by atoms with Crippen LogP contribution in [0.25, 0.3) is 201 Å². The molecule has 0 saturated carbocycles. The fourth-order valence-corrected chi connectivity index (χ4v) is 15.2. The predicted octanol–water partition coefficient (Wildman–Crippen LogP) is 26.5. The third-order valence-electron chi connectivity index (χ3n) is 20.7. The van der Waals surface area contributed by atoms with E-state index in [4.69, 9.17) is 39.9 Å². The lowest BCUT2D eigenvalue weighted by Crippen LogP contribution is -2.01. The van der Waals surface area contributed by atoms with E-state index >= 15 is 0 Å². The van der Waals surface area contributed by atoms with Crippen LogP contribution < -0.4 is 0 Å². The Labute approximate surface area is 649 Å². The maximum Gasteiger partial charge on any atom is 0.182 e. The molecule has 0 aliphatic carbocycles. The van der Waals surface area contributed by atoms with E-state index in [9.17, 15) is 0 Å². The molecule has 5 aromatic heterocycles. The molecule has 0 spiro atoms. The normalized spacial score (nSPS) is 11.2. The maximum absolute atomic E-state index is 5.46. The highest BCUT2D eigenvalue weighted by Gasteiger charge is 2.22. The summed E-state index contributed by atoms with van der Waals surface area (Å²) in [5.41, 5.74) is 27.0. The zero-order valence-electron chi connectivity index (χ0n) is 60.8. The van der Waals surface area contributed by atoms with E-state index in [0.29, 0.717) is 29.0 Å². The molecule has 0 unspecified atom stereocenters. The Hall–Kier alpha value is -15.1. The molecular weight excluding hydrogens is 1360 g/mol. The third kappa shape index (κ3) is 13.5. The van der Waals surface area contributed by atoms with Gasteiger partial charge in [0.1, 0.15) is 5.69 Å². The van der Waals surface area contributed by atoms with Gasteiger partial charge in [0.2, 0.25) is 0 Å². The lowest BCUT2D eigenvalue weighted by atomic mass is 9.91. The molecule has 0 saturated heterocycles. The van der Waals surface area contributed by atoms with Crippen LogP contribution in [0.3, 0.4) is 0 Å². The Morgan fingerprint density at radius 2 is 0.455 bits per heavy atom. The Kier molecular flexibility index (Phi) is 18.2. The van der Waals surface area contributed by atoms with E-state index in [1.165, 1.54) is 33.0 Å². The highest BCUT2D eigenvalue weighted by atomic mass is 15.0. The molecule has 8 nitrogen and oxygen atoms in total. The van der Waals surface area contributed by atoms with Crippen LogP contribution in [-0.2, 0) is 0 Å². The van der Waals surface area contributed by atoms with Gasteiger partial charge in [-0.05, 0) is 79.9 Å². The number of nitrogens with zero attached hydrogens (tertiary/aromatic N) is 8. The summed E-state index contributed by atoms with van der Waals surface area (Å²) in [5, 5.41) is 6.97. The average Bonchev–Trinajstić information content (AvgIpc) is 0.740. The summed E-state index contributed by atoms with van der Waals surface area (Å²) in [6, 6.07) is 141. The number of pyridine rings is 3. The van der Waals surface area contributed by atoms with Crippen LogP contribution in [0, 0.1) is 0 Å². The zero-order chi connectivity index (χ0) is 74.5. The van der Waals surface area contributed by atoms with Crippen molar-refractivity contribution in [2.24, 2.45) is 0 Å². The minimum absolute atomic E-state index is 0.523. The van der Waals surface area contributed by atoms with Crippen LogP contribution >= 0.6 is 0 Å². The molecule has 15 aromatic carbocycles. The summed E-state index contributed by atoms with van der Waals surface area (Å²) in [6.45, 7) is 0. The van der Waals surface area contributed by atoms with Crippen LogP contribution in [0.4, 0.5) is 0 Å². The van der Waals surface area contributed by atoms with E-state index in [1.54, 1.807) is 0 Å². The Morgan fingerprint density at radius 1 is 0.152 bits per heavy atom. The second-order valence-electron chi connectivity index (χ2n) is 27.6. The molecule has 8 heteroatoms. The molecule has 0 amide bonds. The lowest BCUT2D eigenvalue weighted by Gasteiger charge is -2.16. The van der Waals surface area contributed by atoms with Crippen molar-refractivity contribution in [2.75, 3.05) is 0 Å². The van der Waals surface area contributed by atoms with Gasteiger partial charge < -0.3 is 0 Å². The van der Waals surface area contributed by atoms with Crippen LogP contribution in [0.5, 0.6) is 0 Å². The standard InChI is InChI=1S/C53H35N3.C51H33N5/c1-5-16-37(17-6-1)44-26-14-28-46-50(44)47-29-15-27-45(52(47)56-51(46)40-20-9-3-10-21-40)38-32-30-36(31-33-38)42-24-13-25-43(34-42)49-35-48(39-18-7-2-8-19-39)54-53(55-49)41-22-11-4-12-23-41;1-5-15-35(16-6-1)41-23-13-25-43-46(41)44-26-14-24-42(48(44)53-47(43)37-17-7-2-8-18-37)36-29-27-34(28-30-36)40-31-32-52-45(33-40)51-55-49(38-19-9-3-10-20-38)54-50(56-51)39-21-11-4-12-22-39/h1-35H;1-33H. The first kappa shape index (κ1) is 67.5.